The maximum absolute atomic E-state index is 14.3. The van der Waals surface area contributed by atoms with Crippen LogP contribution in [0.2, 0.25) is 0 Å². The van der Waals surface area contributed by atoms with Crippen molar-refractivity contribution in [3.63, 3.8) is 0 Å². The summed E-state index contributed by atoms with van der Waals surface area (Å²) in [5, 5.41) is 8.11. The van der Waals surface area contributed by atoms with Crippen molar-refractivity contribution in [1.29, 1.82) is 0 Å². The van der Waals surface area contributed by atoms with Gasteiger partial charge >= 0.3 is 0 Å². The van der Waals surface area contributed by atoms with Crippen LogP contribution in [-0.2, 0) is 16.4 Å². The lowest BCUT2D eigenvalue weighted by molar-refractivity contribution is 0.428. The lowest BCUT2D eigenvalue weighted by Crippen LogP contribution is -2.02. The highest BCUT2D eigenvalue weighted by Gasteiger charge is 2.19. The summed E-state index contributed by atoms with van der Waals surface area (Å²) in [4.78, 5) is 8.26. The first-order chi connectivity index (χ1) is 14.3. The highest BCUT2D eigenvalue weighted by atomic mass is 32.2. The fraction of sp³-hybridized carbons (Fsp3) is 0.150. The first-order valence-corrected chi connectivity index (χ1v) is 11.0. The fourth-order valence-corrected chi connectivity index (χ4v) is 3.72. The third-order valence-electron chi connectivity index (χ3n) is 4.37. The SMILES string of the molecule is CCn1ccc(Nc2ncnc3ccc(Oc4c(F)cccc4S(C)(=O)=O)cc23)n1. The van der Waals surface area contributed by atoms with Crippen LogP contribution >= 0.6 is 0 Å². The normalized spacial score (nSPS) is 11.6. The summed E-state index contributed by atoms with van der Waals surface area (Å²) in [5.41, 5.74) is 0.631. The Morgan fingerprint density at radius 1 is 1.17 bits per heavy atom. The largest absolute Gasteiger partial charge is 0.453 e. The molecule has 2 heterocycles. The molecule has 0 spiro atoms. The monoisotopic (exact) mass is 427 g/mol. The van der Waals surface area contributed by atoms with E-state index in [2.05, 4.69) is 20.4 Å². The molecule has 154 valence electrons. The number of para-hydroxylation sites is 1. The molecule has 0 aliphatic heterocycles. The average Bonchev–Trinajstić information content (AvgIpc) is 3.17. The molecular weight excluding hydrogens is 409 g/mol. The first-order valence-electron chi connectivity index (χ1n) is 9.07. The van der Waals surface area contributed by atoms with Crippen molar-refractivity contribution in [2.75, 3.05) is 11.6 Å². The number of aromatic nitrogens is 4. The summed E-state index contributed by atoms with van der Waals surface area (Å²) in [7, 11) is -3.68. The number of rotatable bonds is 6. The molecule has 8 nitrogen and oxygen atoms in total. The molecule has 0 amide bonds. The van der Waals surface area contributed by atoms with Gasteiger partial charge in [0.1, 0.15) is 22.8 Å². The molecule has 2 aromatic heterocycles. The van der Waals surface area contributed by atoms with Gasteiger partial charge in [0.05, 0.1) is 5.52 Å². The Bertz CT molecular complexity index is 1340. The number of halogens is 1. The Morgan fingerprint density at radius 3 is 2.73 bits per heavy atom. The van der Waals surface area contributed by atoms with Crippen LogP contribution in [0.15, 0.2) is 59.9 Å². The molecule has 0 aliphatic rings. The van der Waals surface area contributed by atoms with Crippen molar-refractivity contribution in [3.05, 3.63) is 60.8 Å². The van der Waals surface area contributed by atoms with Crippen molar-refractivity contribution in [2.45, 2.75) is 18.4 Å². The van der Waals surface area contributed by atoms with Gasteiger partial charge in [-0.2, -0.15) is 5.10 Å². The van der Waals surface area contributed by atoms with Gasteiger partial charge < -0.3 is 10.1 Å². The Hall–Kier alpha value is -3.53. The summed E-state index contributed by atoms with van der Waals surface area (Å²) in [6.07, 6.45) is 4.26. The third kappa shape index (κ3) is 3.94. The van der Waals surface area contributed by atoms with Gasteiger partial charge in [-0.1, -0.05) is 6.07 Å². The molecule has 0 bridgehead atoms. The molecule has 2 aromatic carbocycles. The van der Waals surface area contributed by atoms with Crippen LogP contribution in [0.4, 0.5) is 16.0 Å². The molecule has 0 unspecified atom stereocenters. The summed E-state index contributed by atoms with van der Waals surface area (Å²) in [6, 6.07) is 10.5. The molecule has 0 aliphatic carbocycles. The number of nitrogens with one attached hydrogen (secondary N) is 1. The van der Waals surface area contributed by atoms with Gasteiger partial charge in [0.2, 0.25) is 0 Å². The van der Waals surface area contributed by atoms with E-state index in [1.165, 1.54) is 18.5 Å². The van der Waals surface area contributed by atoms with Crippen LogP contribution < -0.4 is 10.1 Å². The Kier molecular flexibility index (Phi) is 5.08. The fourth-order valence-electron chi connectivity index (χ4n) is 2.92. The number of ether oxygens (including phenoxy) is 1. The number of nitrogens with zero attached hydrogens (tertiary/aromatic N) is 4. The Labute approximate surface area is 172 Å². The average molecular weight is 427 g/mol. The minimum Gasteiger partial charge on any atom is -0.453 e. The van der Waals surface area contributed by atoms with Gasteiger partial charge in [-0.15, -0.1) is 0 Å². The lowest BCUT2D eigenvalue weighted by atomic mass is 10.2. The maximum atomic E-state index is 14.3. The third-order valence-corrected chi connectivity index (χ3v) is 5.49. The Balaban J connectivity index is 1.74. The van der Waals surface area contributed by atoms with Crippen molar-refractivity contribution >= 4 is 32.4 Å². The number of benzene rings is 2. The molecule has 0 fully saturated rings. The highest BCUT2D eigenvalue weighted by Crippen LogP contribution is 2.34. The molecule has 30 heavy (non-hydrogen) atoms. The zero-order chi connectivity index (χ0) is 21.3. The van der Waals surface area contributed by atoms with Crippen LogP contribution in [0, 0.1) is 5.82 Å². The van der Waals surface area contributed by atoms with Crippen molar-refractivity contribution in [2.24, 2.45) is 0 Å². The minimum atomic E-state index is -3.68. The van der Waals surface area contributed by atoms with Gasteiger partial charge in [-0.3, -0.25) is 4.68 Å². The van der Waals surface area contributed by atoms with E-state index in [4.69, 9.17) is 4.74 Å². The minimum absolute atomic E-state index is 0.227. The van der Waals surface area contributed by atoms with Crippen molar-refractivity contribution in [1.82, 2.24) is 19.7 Å². The molecule has 0 saturated carbocycles. The maximum Gasteiger partial charge on any atom is 0.181 e. The summed E-state index contributed by atoms with van der Waals surface area (Å²) in [5.74, 6) is 0.216. The van der Waals surface area contributed by atoms with E-state index in [-0.39, 0.29) is 16.4 Å². The highest BCUT2D eigenvalue weighted by molar-refractivity contribution is 7.90. The number of anilines is 2. The van der Waals surface area contributed by atoms with E-state index >= 15 is 0 Å². The Morgan fingerprint density at radius 2 is 2.00 bits per heavy atom. The zero-order valence-corrected chi connectivity index (χ0v) is 17.0. The van der Waals surface area contributed by atoms with E-state index in [9.17, 15) is 12.8 Å². The van der Waals surface area contributed by atoms with Gasteiger partial charge in [-0.25, -0.2) is 22.8 Å². The van der Waals surface area contributed by atoms with Crippen molar-refractivity contribution in [3.8, 4) is 11.5 Å². The smallest absolute Gasteiger partial charge is 0.181 e. The second-order valence-corrected chi connectivity index (χ2v) is 8.51. The lowest BCUT2D eigenvalue weighted by Gasteiger charge is -2.12. The van der Waals surface area contributed by atoms with Crippen LogP contribution in [0.1, 0.15) is 6.92 Å². The molecule has 4 rings (SSSR count). The summed E-state index contributed by atoms with van der Waals surface area (Å²) in [6.45, 7) is 2.71. The number of hydrogen-bond acceptors (Lipinski definition) is 7. The second-order valence-electron chi connectivity index (χ2n) is 6.52. The van der Waals surface area contributed by atoms with E-state index in [1.54, 1.807) is 22.9 Å². The van der Waals surface area contributed by atoms with E-state index in [1.807, 2.05) is 19.2 Å². The van der Waals surface area contributed by atoms with Gasteiger partial charge in [0.25, 0.3) is 0 Å². The molecule has 4 aromatic rings. The number of aryl methyl sites for hydroxylation is 1. The number of fused-ring (bicyclic) bond motifs is 1. The summed E-state index contributed by atoms with van der Waals surface area (Å²) < 4.78 is 45.8. The van der Waals surface area contributed by atoms with E-state index < -0.39 is 15.7 Å². The zero-order valence-electron chi connectivity index (χ0n) is 16.2. The van der Waals surface area contributed by atoms with E-state index in [0.29, 0.717) is 22.5 Å². The van der Waals surface area contributed by atoms with Gasteiger partial charge in [0.15, 0.2) is 27.2 Å². The number of sulfone groups is 1. The quantitative estimate of drug-likeness (QED) is 0.498. The topological polar surface area (TPSA) is 99.0 Å². The predicted molar refractivity (Wildman–Crippen MR) is 110 cm³/mol. The number of hydrogen-bond donors (Lipinski definition) is 1. The second kappa shape index (κ2) is 7.71. The molecule has 0 atom stereocenters. The predicted octanol–water partition coefficient (Wildman–Crippen LogP) is 3.92. The van der Waals surface area contributed by atoms with E-state index in [0.717, 1.165) is 18.9 Å². The summed E-state index contributed by atoms with van der Waals surface area (Å²) >= 11 is 0. The van der Waals surface area contributed by atoms with Gasteiger partial charge in [0, 0.05) is 30.4 Å². The molecule has 0 saturated heterocycles. The first kappa shape index (κ1) is 19.8. The van der Waals surface area contributed by atoms with Crippen LogP contribution in [0.5, 0.6) is 11.5 Å². The van der Waals surface area contributed by atoms with Crippen molar-refractivity contribution < 1.29 is 17.5 Å². The molecule has 10 heteroatoms. The molecule has 0 radical (unpaired) electrons. The van der Waals surface area contributed by atoms with Crippen LogP contribution in [-0.4, -0.2) is 34.4 Å². The van der Waals surface area contributed by atoms with Crippen LogP contribution in [0.25, 0.3) is 10.9 Å². The molecule has 1 N–H and O–H groups in total. The van der Waals surface area contributed by atoms with Gasteiger partial charge in [-0.05, 0) is 37.3 Å². The van der Waals surface area contributed by atoms with Crippen LogP contribution in [0.3, 0.4) is 0 Å². The molecular formula is C20H18FN5O3S. The standard InChI is InChI=1S/C20H18FN5O3S/c1-3-26-10-9-18(25-26)24-20-14-11-13(7-8-16(14)22-12-23-20)29-19-15(21)5-4-6-17(19)30(2,27)28/h4-12H,3H2,1-2H3,(H,22,23,24,25).